The van der Waals surface area contributed by atoms with Crippen molar-refractivity contribution in [2.75, 3.05) is 0 Å². The van der Waals surface area contributed by atoms with Crippen molar-refractivity contribution in [1.29, 1.82) is 0 Å². The van der Waals surface area contributed by atoms with E-state index in [9.17, 15) is 0 Å². The van der Waals surface area contributed by atoms with Gasteiger partial charge in [0.1, 0.15) is 0 Å². The van der Waals surface area contributed by atoms with Crippen LogP contribution in [0.4, 0.5) is 0 Å². The second kappa shape index (κ2) is 13.4. The van der Waals surface area contributed by atoms with Gasteiger partial charge in [-0.05, 0) is 79.9 Å². The number of para-hydroxylation sites is 2. The van der Waals surface area contributed by atoms with E-state index in [0.29, 0.717) is 17.5 Å². The quantitative estimate of drug-likeness (QED) is 0.174. The fourth-order valence-electron chi connectivity index (χ4n) is 10.4. The Kier molecular flexibility index (Phi) is 7.49. The molecular formula is C58H36N4. The predicted octanol–water partition coefficient (Wildman–Crippen LogP) is 14.0. The monoisotopic (exact) mass is 788 g/mol. The van der Waals surface area contributed by atoms with Gasteiger partial charge in [0.25, 0.3) is 0 Å². The molecule has 2 aromatic heterocycles. The molecule has 0 saturated carbocycles. The third-order valence-corrected chi connectivity index (χ3v) is 13.1. The summed E-state index contributed by atoms with van der Waals surface area (Å²) in [5.74, 6) is 1.91. The van der Waals surface area contributed by atoms with Crippen LogP contribution in [0.15, 0.2) is 218 Å². The SMILES string of the molecule is c1ccc(-c2ccc(-c3nc(-c4ccccc4)nc(-c4cccc(-c5ccc6c(c5)C5(c7ccccc7-c7ccccc75)c5cccc7c8ccccc8n-6c57)c4)n3)cc2)cc1. The number of hydrogen-bond donors (Lipinski definition) is 0. The van der Waals surface area contributed by atoms with Crippen molar-refractivity contribution in [3.05, 3.63) is 241 Å². The predicted molar refractivity (Wildman–Crippen MR) is 252 cm³/mol. The Bertz CT molecular complexity index is 3520. The average Bonchev–Trinajstić information content (AvgIpc) is 3.85. The van der Waals surface area contributed by atoms with Crippen molar-refractivity contribution in [1.82, 2.24) is 19.5 Å². The Hall–Kier alpha value is -8.21. The lowest BCUT2D eigenvalue weighted by Gasteiger charge is -2.40. The third kappa shape index (κ3) is 4.98. The second-order valence-electron chi connectivity index (χ2n) is 16.3. The molecule has 1 spiro atoms. The molecule has 2 aliphatic rings. The molecular weight excluding hydrogens is 753 g/mol. The minimum absolute atomic E-state index is 0.524. The van der Waals surface area contributed by atoms with Gasteiger partial charge >= 0.3 is 0 Å². The third-order valence-electron chi connectivity index (χ3n) is 13.1. The standard InChI is InChI=1S/C58H36N4/c1-3-15-37(16-4-1)38-29-31-40(32-30-38)56-59-55(39-17-5-2-6-18-39)60-57(61-56)43-20-13-19-41(35-43)42-33-34-53-51(36-42)58(48-25-10-7-21-44(48)45-22-8-11-26-49(45)58)50-27-14-24-47-46-23-9-12-28-52(46)62(53)54(47)50/h1-36H. The van der Waals surface area contributed by atoms with Crippen molar-refractivity contribution >= 4 is 21.8 Å². The van der Waals surface area contributed by atoms with Gasteiger partial charge in [-0.2, -0.15) is 0 Å². The van der Waals surface area contributed by atoms with Gasteiger partial charge in [-0.15, -0.1) is 0 Å². The number of fused-ring (bicyclic) bond motifs is 12. The van der Waals surface area contributed by atoms with E-state index in [4.69, 9.17) is 15.0 Å². The molecule has 11 aromatic rings. The van der Waals surface area contributed by atoms with E-state index in [1.807, 2.05) is 24.3 Å². The van der Waals surface area contributed by atoms with E-state index in [2.05, 4.69) is 199 Å². The topological polar surface area (TPSA) is 43.6 Å². The summed E-state index contributed by atoms with van der Waals surface area (Å²) in [6.07, 6.45) is 0. The van der Waals surface area contributed by atoms with E-state index in [1.165, 1.54) is 66.4 Å². The van der Waals surface area contributed by atoms with E-state index in [0.717, 1.165) is 33.4 Å². The molecule has 9 aromatic carbocycles. The van der Waals surface area contributed by atoms with Crippen LogP contribution in [0, 0.1) is 0 Å². The zero-order valence-electron chi connectivity index (χ0n) is 33.6. The normalized spacial score (nSPS) is 13.0. The molecule has 0 N–H and O–H groups in total. The van der Waals surface area contributed by atoms with Crippen LogP contribution in [0.25, 0.3) is 95.0 Å². The maximum atomic E-state index is 5.16. The molecule has 1 aliphatic heterocycles. The van der Waals surface area contributed by atoms with Crippen LogP contribution in [0.2, 0.25) is 0 Å². The van der Waals surface area contributed by atoms with Crippen LogP contribution in [0.3, 0.4) is 0 Å². The van der Waals surface area contributed by atoms with Crippen molar-refractivity contribution in [2.24, 2.45) is 0 Å². The van der Waals surface area contributed by atoms with Gasteiger partial charge in [-0.1, -0.05) is 194 Å². The fraction of sp³-hybridized carbons (Fsp3) is 0.0172. The molecule has 13 rings (SSSR count). The summed E-state index contributed by atoms with van der Waals surface area (Å²) in [4.78, 5) is 15.3. The Morgan fingerprint density at radius 3 is 1.50 bits per heavy atom. The second-order valence-corrected chi connectivity index (χ2v) is 16.3. The van der Waals surface area contributed by atoms with Crippen LogP contribution >= 0.6 is 0 Å². The van der Waals surface area contributed by atoms with Crippen LogP contribution < -0.4 is 0 Å². The summed E-state index contributed by atoms with van der Waals surface area (Å²) in [7, 11) is 0. The van der Waals surface area contributed by atoms with Crippen LogP contribution in [-0.2, 0) is 5.41 Å². The van der Waals surface area contributed by atoms with Crippen molar-refractivity contribution in [3.63, 3.8) is 0 Å². The molecule has 1 aliphatic carbocycles. The molecule has 4 heteroatoms. The minimum Gasteiger partial charge on any atom is -0.309 e. The Balaban J connectivity index is 1.01. The van der Waals surface area contributed by atoms with Gasteiger partial charge in [0, 0.05) is 27.5 Å². The van der Waals surface area contributed by atoms with Crippen LogP contribution in [0.5, 0.6) is 0 Å². The summed E-state index contributed by atoms with van der Waals surface area (Å²) in [5, 5.41) is 2.54. The summed E-state index contributed by atoms with van der Waals surface area (Å²) >= 11 is 0. The van der Waals surface area contributed by atoms with Crippen molar-refractivity contribution < 1.29 is 0 Å². The summed E-state index contributed by atoms with van der Waals surface area (Å²) in [6.45, 7) is 0. The molecule has 0 fully saturated rings. The lowest BCUT2D eigenvalue weighted by atomic mass is 9.65. The largest absolute Gasteiger partial charge is 0.309 e. The zero-order valence-corrected chi connectivity index (χ0v) is 33.6. The molecule has 288 valence electrons. The highest BCUT2D eigenvalue weighted by atomic mass is 15.0. The van der Waals surface area contributed by atoms with Crippen molar-refractivity contribution in [2.45, 2.75) is 5.41 Å². The number of nitrogens with zero attached hydrogens (tertiary/aromatic N) is 4. The number of hydrogen-bond acceptors (Lipinski definition) is 3. The molecule has 0 atom stereocenters. The average molecular weight is 789 g/mol. The molecule has 0 unspecified atom stereocenters. The molecule has 0 amide bonds. The van der Waals surface area contributed by atoms with Gasteiger partial charge in [0.2, 0.25) is 0 Å². The maximum Gasteiger partial charge on any atom is 0.164 e. The van der Waals surface area contributed by atoms with Crippen LogP contribution in [0.1, 0.15) is 22.3 Å². The first-order chi connectivity index (χ1) is 30.7. The fourth-order valence-corrected chi connectivity index (χ4v) is 10.4. The highest BCUT2D eigenvalue weighted by Crippen LogP contribution is 2.61. The summed E-state index contributed by atoms with van der Waals surface area (Å²) in [6, 6.07) is 78.7. The van der Waals surface area contributed by atoms with Gasteiger partial charge in [0.05, 0.1) is 22.1 Å². The van der Waals surface area contributed by atoms with Crippen LogP contribution in [-0.4, -0.2) is 19.5 Å². The molecule has 0 radical (unpaired) electrons. The maximum absolute atomic E-state index is 5.16. The van der Waals surface area contributed by atoms with E-state index < -0.39 is 5.41 Å². The van der Waals surface area contributed by atoms with Gasteiger partial charge < -0.3 is 4.57 Å². The minimum atomic E-state index is -0.524. The first kappa shape index (κ1) is 34.6. The van der Waals surface area contributed by atoms with Gasteiger partial charge in [-0.3, -0.25) is 0 Å². The molecule has 62 heavy (non-hydrogen) atoms. The Labute approximate surface area is 359 Å². The number of rotatable bonds is 5. The highest BCUT2D eigenvalue weighted by Gasteiger charge is 2.50. The highest BCUT2D eigenvalue weighted by molar-refractivity contribution is 6.13. The summed E-state index contributed by atoms with van der Waals surface area (Å²) < 4.78 is 2.51. The molecule has 0 saturated heterocycles. The Morgan fingerprint density at radius 1 is 0.306 bits per heavy atom. The number of benzene rings is 9. The van der Waals surface area contributed by atoms with Gasteiger partial charge in [-0.25, -0.2) is 15.0 Å². The number of aromatic nitrogens is 4. The van der Waals surface area contributed by atoms with Gasteiger partial charge in [0.15, 0.2) is 17.5 Å². The van der Waals surface area contributed by atoms with Crippen molar-refractivity contribution in [3.8, 4) is 73.2 Å². The first-order valence-corrected chi connectivity index (χ1v) is 21.2. The van der Waals surface area contributed by atoms with E-state index in [1.54, 1.807) is 0 Å². The smallest absolute Gasteiger partial charge is 0.164 e. The van der Waals surface area contributed by atoms with E-state index in [-0.39, 0.29) is 0 Å². The lowest BCUT2D eigenvalue weighted by Crippen LogP contribution is -2.33. The molecule has 0 bridgehead atoms. The summed E-state index contributed by atoms with van der Waals surface area (Å²) in [5.41, 5.74) is 18.3. The first-order valence-electron chi connectivity index (χ1n) is 21.2. The Morgan fingerprint density at radius 2 is 0.774 bits per heavy atom. The lowest BCUT2D eigenvalue weighted by molar-refractivity contribution is 0.749. The van der Waals surface area contributed by atoms with E-state index >= 15 is 0 Å². The molecule has 4 nitrogen and oxygen atoms in total. The molecule has 3 heterocycles. The zero-order chi connectivity index (χ0) is 40.8.